The normalized spacial score (nSPS) is 36.3. The predicted molar refractivity (Wildman–Crippen MR) is 76.5 cm³/mol. The Labute approximate surface area is 113 Å². The molecule has 2 nitrogen and oxygen atoms in total. The Morgan fingerprint density at radius 1 is 1.11 bits per heavy atom. The third-order valence-corrected chi connectivity index (χ3v) is 5.76. The van der Waals surface area contributed by atoms with E-state index >= 15 is 0 Å². The first-order chi connectivity index (χ1) is 8.40. The SMILES string of the molecule is CC1(C)[C@@H]2CC[C@@]1(C)[C@@H](O)C2.CCCCCCO. The molecule has 2 aliphatic carbocycles. The fraction of sp³-hybridized carbons (Fsp3) is 1.00. The molecule has 0 heterocycles. The van der Waals surface area contributed by atoms with Crippen molar-refractivity contribution >= 4 is 0 Å². The molecule has 2 rings (SSSR count). The zero-order valence-electron chi connectivity index (χ0n) is 12.7. The molecule has 0 saturated heterocycles. The van der Waals surface area contributed by atoms with Crippen molar-refractivity contribution in [3.05, 3.63) is 0 Å². The maximum Gasteiger partial charge on any atom is 0.0601 e. The van der Waals surface area contributed by atoms with E-state index < -0.39 is 0 Å². The van der Waals surface area contributed by atoms with Crippen molar-refractivity contribution in [3.8, 4) is 0 Å². The maximum atomic E-state index is 9.81. The molecule has 0 aromatic heterocycles. The van der Waals surface area contributed by atoms with Crippen LogP contribution in [0.5, 0.6) is 0 Å². The predicted octanol–water partition coefficient (Wildman–Crippen LogP) is 3.75. The first-order valence-corrected chi connectivity index (χ1v) is 7.69. The Balaban J connectivity index is 0.000000203. The van der Waals surface area contributed by atoms with E-state index in [1.165, 1.54) is 32.1 Å². The highest BCUT2D eigenvalue weighted by Crippen LogP contribution is 2.65. The van der Waals surface area contributed by atoms with Crippen LogP contribution in [0.1, 0.15) is 72.6 Å². The van der Waals surface area contributed by atoms with Crippen molar-refractivity contribution < 1.29 is 10.2 Å². The van der Waals surface area contributed by atoms with E-state index in [1.54, 1.807) is 0 Å². The van der Waals surface area contributed by atoms with Gasteiger partial charge in [0.2, 0.25) is 0 Å². The molecular weight excluding hydrogens is 224 g/mol. The molecule has 2 heteroatoms. The van der Waals surface area contributed by atoms with Gasteiger partial charge in [-0.15, -0.1) is 0 Å². The molecule has 3 atom stereocenters. The Morgan fingerprint density at radius 2 is 1.78 bits per heavy atom. The molecule has 2 N–H and O–H groups in total. The second-order valence-corrected chi connectivity index (χ2v) is 6.91. The van der Waals surface area contributed by atoms with Crippen molar-refractivity contribution in [2.45, 2.75) is 78.7 Å². The average molecular weight is 256 g/mol. The largest absolute Gasteiger partial charge is 0.396 e. The highest BCUT2D eigenvalue weighted by Gasteiger charge is 2.60. The molecule has 108 valence electrons. The monoisotopic (exact) mass is 256 g/mol. The van der Waals surface area contributed by atoms with E-state index in [-0.39, 0.29) is 11.5 Å². The minimum absolute atomic E-state index is 0.0313. The standard InChI is InChI=1S/C10H18O.C6H14O/c1-9(2)7-4-5-10(9,3)8(11)6-7;1-2-3-4-5-6-7/h7-8,11H,4-6H2,1-3H3;7H,2-6H2,1H3/t7-,8+,10+;/m1./s1. The molecule has 2 bridgehead atoms. The summed E-state index contributed by atoms with van der Waals surface area (Å²) in [5, 5.41) is 18.1. The van der Waals surface area contributed by atoms with Crippen LogP contribution in [-0.2, 0) is 0 Å². The van der Waals surface area contributed by atoms with Gasteiger partial charge in [-0.05, 0) is 42.4 Å². The van der Waals surface area contributed by atoms with E-state index in [1.807, 2.05) is 0 Å². The van der Waals surface area contributed by atoms with Crippen LogP contribution in [0.3, 0.4) is 0 Å². The van der Waals surface area contributed by atoms with Crippen LogP contribution >= 0.6 is 0 Å². The lowest BCUT2D eigenvalue weighted by Gasteiger charge is -2.36. The van der Waals surface area contributed by atoms with Gasteiger partial charge in [-0.25, -0.2) is 0 Å². The van der Waals surface area contributed by atoms with Crippen LogP contribution in [-0.4, -0.2) is 22.9 Å². The van der Waals surface area contributed by atoms with Crippen LogP contribution in [0.4, 0.5) is 0 Å². The van der Waals surface area contributed by atoms with Crippen molar-refractivity contribution in [2.75, 3.05) is 6.61 Å². The molecule has 2 saturated carbocycles. The van der Waals surface area contributed by atoms with E-state index in [4.69, 9.17) is 5.11 Å². The Morgan fingerprint density at radius 3 is 2.06 bits per heavy atom. The van der Waals surface area contributed by atoms with E-state index in [9.17, 15) is 5.11 Å². The van der Waals surface area contributed by atoms with Crippen molar-refractivity contribution in [2.24, 2.45) is 16.7 Å². The summed E-state index contributed by atoms with van der Waals surface area (Å²) in [6.45, 7) is 9.42. The van der Waals surface area contributed by atoms with Crippen molar-refractivity contribution in [1.29, 1.82) is 0 Å². The van der Waals surface area contributed by atoms with Gasteiger partial charge in [0.15, 0.2) is 0 Å². The molecule has 0 aromatic rings. The number of hydrogen-bond donors (Lipinski definition) is 2. The number of hydrogen-bond acceptors (Lipinski definition) is 2. The van der Waals surface area contributed by atoms with E-state index in [0.29, 0.717) is 12.0 Å². The van der Waals surface area contributed by atoms with Gasteiger partial charge >= 0.3 is 0 Å². The Hall–Kier alpha value is -0.0800. The summed E-state index contributed by atoms with van der Waals surface area (Å²) in [6.07, 6.45) is 8.26. The van der Waals surface area contributed by atoms with Crippen molar-refractivity contribution in [3.63, 3.8) is 0 Å². The summed E-state index contributed by atoms with van der Waals surface area (Å²) >= 11 is 0. The molecule has 0 aliphatic heterocycles. The third kappa shape index (κ3) is 2.91. The molecule has 0 unspecified atom stereocenters. The smallest absolute Gasteiger partial charge is 0.0601 e. The summed E-state index contributed by atoms with van der Waals surface area (Å²) < 4.78 is 0. The maximum absolute atomic E-state index is 9.81. The van der Waals surface area contributed by atoms with Gasteiger partial charge in [-0.2, -0.15) is 0 Å². The second kappa shape index (κ2) is 6.38. The lowest BCUT2D eigenvalue weighted by molar-refractivity contribution is 0.0126. The summed E-state index contributed by atoms with van der Waals surface area (Å²) in [5.74, 6) is 0.780. The first-order valence-electron chi connectivity index (χ1n) is 7.69. The van der Waals surface area contributed by atoms with Crippen molar-refractivity contribution in [1.82, 2.24) is 0 Å². The summed E-state index contributed by atoms with van der Waals surface area (Å²) in [4.78, 5) is 0. The van der Waals surface area contributed by atoms with Crippen LogP contribution < -0.4 is 0 Å². The minimum Gasteiger partial charge on any atom is -0.396 e. The van der Waals surface area contributed by atoms with Gasteiger partial charge in [0.05, 0.1) is 6.10 Å². The summed E-state index contributed by atoms with van der Waals surface area (Å²) in [5.41, 5.74) is 0.601. The number of aliphatic hydroxyl groups excluding tert-OH is 2. The van der Waals surface area contributed by atoms with Crippen LogP contribution in [0.15, 0.2) is 0 Å². The van der Waals surface area contributed by atoms with Gasteiger partial charge in [-0.3, -0.25) is 0 Å². The average Bonchev–Trinajstić information content (AvgIpc) is 2.64. The molecule has 18 heavy (non-hydrogen) atoms. The van der Waals surface area contributed by atoms with E-state index in [2.05, 4.69) is 27.7 Å². The van der Waals surface area contributed by atoms with Crippen LogP contribution in [0.25, 0.3) is 0 Å². The molecule has 2 fully saturated rings. The minimum atomic E-state index is -0.0313. The lowest BCUT2D eigenvalue weighted by atomic mass is 9.70. The number of aliphatic hydroxyl groups is 2. The lowest BCUT2D eigenvalue weighted by Crippen LogP contribution is -2.35. The number of rotatable bonds is 4. The Kier molecular flexibility index (Phi) is 5.67. The van der Waals surface area contributed by atoms with Crippen LogP contribution in [0.2, 0.25) is 0 Å². The zero-order chi connectivity index (χ0) is 13.8. The first kappa shape index (κ1) is 16.0. The topological polar surface area (TPSA) is 40.5 Å². The molecule has 2 aliphatic rings. The molecular formula is C16H32O2. The molecule has 0 amide bonds. The van der Waals surface area contributed by atoms with Crippen LogP contribution in [0, 0.1) is 16.7 Å². The Bertz CT molecular complexity index is 245. The molecule has 0 radical (unpaired) electrons. The van der Waals surface area contributed by atoms with Gasteiger partial charge < -0.3 is 10.2 Å². The molecule has 0 aromatic carbocycles. The fourth-order valence-corrected chi connectivity index (χ4v) is 3.70. The van der Waals surface area contributed by atoms with E-state index in [0.717, 1.165) is 18.8 Å². The summed E-state index contributed by atoms with van der Waals surface area (Å²) in [7, 11) is 0. The zero-order valence-corrected chi connectivity index (χ0v) is 12.7. The number of fused-ring (bicyclic) bond motifs is 2. The quantitative estimate of drug-likeness (QED) is 0.752. The van der Waals surface area contributed by atoms with Gasteiger partial charge in [0.1, 0.15) is 0 Å². The highest BCUT2D eigenvalue weighted by atomic mass is 16.3. The highest BCUT2D eigenvalue weighted by molar-refractivity contribution is 5.10. The van der Waals surface area contributed by atoms with Gasteiger partial charge in [0, 0.05) is 6.61 Å². The van der Waals surface area contributed by atoms with Gasteiger partial charge in [-0.1, -0.05) is 47.0 Å². The number of unbranched alkanes of at least 4 members (excludes halogenated alkanes) is 3. The third-order valence-electron chi connectivity index (χ3n) is 5.76. The van der Waals surface area contributed by atoms with Gasteiger partial charge in [0.25, 0.3) is 0 Å². The summed E-state index contributed by atoms with van der Waals surface area (Å²) in [6, 6.07) is 0. The fourth-order valence-electron chi connectivity index (χ4n) is 3.70. The second-order valence-electron chi connectivity index (χ2n) is 6.91. The molecule has 0 spiro atoms.